The lowest BCUT2D eigenvalue weighted by Gasteiger charge is -2.39. The number of allylic oxidation sites excluding steroid dienone is 4. The number of methoxy groups -OCH3 is 1. The van der Waals surface area contributed by atoms with Crippen LogP contribution in [0.25, 0.3) is 0 Å². The molecule has 1 heterocycles. The Morgan fingerprint density at radius 1 is 1.29 bits per heavy atom. The van der Waals surface area contributed by atoms with E-state index in [-0.39, 0.29) is 11.9 Å². The van der Waals surface area contributed by atoms with Gasteiger partial charge in [-0.25, -0.2) is 4.79 Å². The van der Waals surface area contributed by atoms with Crippen LogP contribution in [0.3, 0.4) is 0 Å². The third-order valence-corrected chi connectivity index (χ3v) is 6.38. The number of carbonyl (C=O) groups is 1. The van der Waals surface area contributed by atoms with E-state index < -0.39 is 17.2 Å². The second-order valence-electron chi connectivity index (χ2n) is 8.76. The van der Waals surface area contributed by atoms with Gasteiger partial charge in [-0.2, -0.15) is 5.10 Å². The molecule has 1 aliphatic carbocycles. The molecule has 0 amide bonds. The average molecular weight is 392 g/mol. The number of ether oxygens (including phenoxy) is 1. The normalized spacial score (nSPS) is 39.1. The van der Waals surface area contributed by atoms with E-state index in [1.807, 2.05) is 6.92 Å². The van der Waals surface area contributed by atoms with Crippen molar-refractivity contribution < 1.29 is 14.6 Å². The second kappa shape index (κ2) is 9.70. The van der Waals surface area contributed by atoms with Crippen LogP contribution in [0.15, 0.2) is 28.4 Å². The first-order valence-corrected chi connectivity index (χ1v) is 10.4. The molecule has 28 heavy (non-hydrogen) atoms. The summed E-state index contributed by atoms with van der Waals surface area (Å²) in [6.45, 7) is 6.19. The molecular weight excluding hydrogens is 354 g/mol. The van der Waals surface area contributed by atoms with Gasteiger partial charge in [-0.15, -0.1) is 0 Å². The van der Waals surface area contributed by atoms with Crippen molar-refractivity contribution in [2.24, 2.45) is 16.8 Å². The van der Waals surface area contributed by atoms with Gasteiger partial charge in [0.1, 0.15) is 0 Å². The molecule has 4 atom stereocenters. The Morgan fingerprint density at radius 2 is 1.96 bits per heavy atom. The standard InChI is InChI=1S/C22H37N3O3/c1-16-7-5-8-17(2)10-11-18(15-19(26)21(3,23)12-6-9-16)22(20(27)28-4)13-14-24-25-22/h8-9,14,18-19,25-26H,5-7,10-13,15,23H2,1-4H3/b16-9+,17-8+/t18-,19+,21-,22-/m0/s1. The van der Waals surface area contributed by atoms with Gasteiger partial charge in [-0.1, -0.05) is 23.3 Å². The summed E-state index contributed by atoms with van der Waals surface area (Å²) in [4.78, 5) is 12.7. The third kappa shape index (κ3) is 5.45. The van der Waals surface area contributed by atoms with Gasteiger partial charge in [-0.3, -0.25) is 5.43 Å². The quantitative estimate of drug-likeness (QED) is 0.496. The molecule has 0 spiro atoms. The van der Waals surface area contributed by atoms with Crippen molar-refractivity contribution in [3.63, 3.8) is 0 Å². The van der Waals surface area contributed by atoms with Gasteiger partial charge in [0.25, 0.3) is 0 Å². The zero-order chi connectivity index (χ0) is 20.8. The van der Waals surface area contributed by atoms with E-state index in [0.29, 0.717) is 19.3 Å². The summed E-state index contributed by atoms with van der Waals surface area (Å²) < 4.78 is 5.11. The van der Waals surface area contributed by atoms with E-state index in [1.54, 1.807) is 6.21 Å². The second-order valence-corrected chi connectivity index (χ2v) is 8.76. The Kier molecular flexibility index (Phi) is 7.84. The summed E-state index contributed by atoms with van der Waals surface area (Å²) in [7, 11) is 1.40. The highest BCUT2D eigenvalue weighted by Gasteiger charge is 2.49. The minimum atomic E-state index is -0.931. The fourth-order valence-corrected chi connectivity index (χ4v) is 4.18. The van der Waals surface area contributed by atoms with Crippen LogP contribution in [0.4, 0.5) is 0 Å². The fraction of sp³-hybridized carbons (Fsp3) is 0.727. The molecule has 0 saturated carbocycles. The molecule has 2 aliphatic rings. The number of aliphatic hydroxyl groups excluding tert-OH is 1. The molecule has 0 fully saturated rings. The Labute approximate surface area is 169 Å². The van der Waals surface area contributed by atoms with Gasteiger partial charge in [0.15, 0.2) is 5.54 Å². The molecule has 0 radical (unpaired) electrons. The number of carbonyl (C=O) groups excluding carboxylic acids is 1. The lowest BCUT2D eigenvalue weighted by molar-refractivity contribution is -0.151. The van der Waals surface area contributed by atoms with Crippen LogP contribution < -0.4 is 11.2 Å². The van der Waals surface area contributed by atoms with Gasteiger partial charge < -0.3 is 15.6 Å². The summed E-state index contributed by atoms with van der Waals surface area (Å²) in [6, 6.07) is 0. The maximum Gasteiger partial charge on any atom is 0.333 e. The van der Waals surface area contributed by atoms with Crippen molar-refractivity contribution >= 4 is 12.2 Å². The highest BCUT2D eigenvalue weighted by molar-refractivity contribution is 5.86. The molecular formula is C22H37N3O3. The molecule has 0 aromatic rings. The topological polar surface area (TPSA) is 96.9 Å². The van der Waals surface area contributed by atoms with E-state index in [4.69, 9.17) is 10.5 Å². The number of nitrogens with one attached hydrogen (secondary N) is 1. The van der Waals surface area contributed by atoms with Crippen LogP contribution in [0.1, 0.15) is 72.1 Å². The first-order chi connectivity index (χ1) is 13.2. The lowest BCUT2D eigenvalue weighted by Crippen LogP contribution is -2.57. The summed E-state index contributed by atoms with van der Waals surface area (Å²) in [6.07, 6.45) is 11.6. The minimum Gasteiger partial charge on any atom is -0.467 e. The van der Waals surface area contributed by atoms with Gasteiger partial charge in [0.05, 0.1) is 13.2 Å². The van der Waals surface area contributed by atoms with E-state index >= 15 is 0 Å². The maximum absolute atomic E-state index is 12.7. The smallest absolute Gasteiger partial charge is 0.333 e. The minimum absolute atomic E-state index is 0.135. The summed E-state index contributed by atoms with van der Waals surface area (Å²) >= 11 is 0. The van der Waals surface area contributed by atoms with Crippen LogP contribution in [-0.4, -0.2) is 41.6 Å². The van der Waals surface area contributed by atoms with Crippen molar-refractivity contribution in [1.29, 1.82) is 0 Å². The average Bonchev–Trinajstić information content (AvgIpc) is 3.14. The molecule has 1 aliphatic heterocycles. The Hall–Kier alpha value is -1.66. The fourth-order valence-electron chi connectivity index (χ4n) is 4.18. The number of hydrogen-bond donors (Lipinski definition) is 3. The van der Waals surface area contributed by atoms with Gasteiger partial charge >= 0.3 is 5.97 Å². The predicted molar refractivity (Wildman–Crippen MR) is 113 cm³/mol. The number of aliphatic hydroxyl groups is 1. The monoisotopic (exact) mass is 391 g/mol. The highest BCUT2D eigenvalue weighted by Crippen LogP contribution is 2.36. The SMILES string of the molecule is COC(=O)[C@@]1([C@H]2CC/C(C)=C/CC/C(C)=C/CC[C@](C)(N)[C@H](O)C2)CC=NN1. The van der Waals surface area contributed by atoms with Crippen molar-refractivity contribution in [3.05, 3.63) is 23.3 Å². The molecule has 4 N–H and O–H groups in total. The van der Waals surface area contributed by atoms with Gasteiger partial charge in [-0.05, 0) is 71.6 Å². The Morgan fingerprint density at radius 3 is 2.61 bits per heavy atom. The molecule has 6 nitrogen and oxygen atoms in total. The van der Waals surface area contributed by atoms with Crippen molar-refractivity contribution in [3.8, 4) is 0 Å². The largest absolute Gasteiger partial charge is 0.467 e. The van der Waals surface area contributed by atoms with Gasteiger partial charge in [0, 0.05) is 18.2 Å². The summed E-state index contributed by atoms with van der Waals surface area (Å²) in [5.41, 5.74) is 10.5. The predicted octanol–water partition coefficient (Wildman–Crippen LogP) is 3.21. The number of nitrogens with zero attached hydrogens (tertiary/aromatic N) is 1. The number of rotatable bonds is 2. The molecule has 0 saturated heterocycles. The Bertz CT molecular complexity index is 629. The van der Waals surface area contributed by atoms with Crippen LogP contribution in [0.2, 0.25) is 0 Å². The first kappa shape index (κ1) is 22.6. The van der Waals surface area contributed by atoms with E-state index in [9.17, 15) is 9.90 Å². The Balaban J connectivity index is 2.30. The molecule has 0 aromatic carbocycles. The number of nitrogens with two attached hydrogens (primary N) is 1. The van der Waals surface area contributed by atoms with Crippen molar-refractivity contribution in [2.45, 2.75) is 89.3 Å². The van der Waals surface area contributed by atoms with Gasteiger partial charge in [0.2, 0.25) is 0 Å². The van der Waals surface area contributed by atoms with E-state index in [0.717, 1.165) is 32.1 Å². The molecule has 2 rings (SSSR count). The molecule has 6 heteroatoms. The number of hydrogen-bond acceptors (Lipinski definition) is 6. The molecule has 0 unspecified atom stereocenters. The third-order valence-electron chi connectivity index (χ3n) is 6.38. The first-order valence-electron chi connectivity index (χ1n) is 10.4. The molecule has 158 valence electrons. The van der Waals surface area contributed by atoms with Crippen molar-refractivity contribution in [2.75, 3.05) is 7.11 Å². The molecule has 0 bridgehead atoms. The number of esters is 1. The maximum atomic E-state index is 12.7. The summed E-state index contributed by atoms with van der Waals surface area (Å²) in [5.74, 6) is -0.467. The van der Waals surface area contributed by atoms with Crippen LogP contribution in [0.5, 0.6) is 0 Å². The zero-order valence-electron chi connectivity index (χ0n) is 17.8. The zero-order valence-corrected chi connectivity index (χ0v) is 17.8. The van der Waals surface area contributed by atoms with Crippen molar-refractivity contribution in [1.82, 2.24) is 5.43 Å². The highest BCUT2D eigenvalue weighted by atomic mass is 16.5. The lowest BCUT2D eigenvalue weighted by atomic mass is 9.73. The van der Waals surface area contributed by atoms with Crippen LogP contribution in [0, 0.1) is 5.92 Å². The van der Waals surface area contributed by atoms with E-state index in [1.165, 1.54) is 18.3 Å². The summed E-state index contributed by atoms with van der Waals surface area (Å²) in [5, 5.41) is 15.1. The molecule has 0 aromatic heterocycles. The number of hydrazone groups is 1. The van der Waals surface area contributed by atoms with E-state index in [2.05, 4.69) is 36.5 Å². The van der Waals surface area contributed by atoms with Crippen LogP contribution in [-0.2, 0) is 9.53 Å². The van der Waals surface area contributed by atoms with Crippen LogP contribution >= 0.6 is 0 Å².